The molecule has 2 aromatic rings. The molecule has 0 aliphatic carbocycles. The summed E-state index contributed by atoms with van der Waals surface area (Å²) in [6.45, 7) is 2.41. The zero-order valence-electron chi connectivity index (χ0n) is 10.4. The van der Waals surface area contributed by atoms with Crippen LogP contribution in [0, 0.1) is 24.1 Å². The standard InChI is InChI=1S/C15H12BrFN2/c1-10-2-4-13(16)7-15(10)19-9-12-6-14(17)5-3-11(12)8-18/h2-7,19H,9H2,1H3. The fourth-order valence-corrected chi connectivity index (χ4v) is 2.15. The Morgan fingerprint density at radius 3 is 2.79 bits per heavy atom. The first-order chi connectivity index (χ1) is 9.10. The average molecular weight is 319 g/mol. The van der Waals surface area contributed by atoms with Gasteiger partial charge in [0.05, 0.1) is 11.6 Å². The number of hydrogen-bond donors (Lipinski definition) is 1. The summed E-state index contributed by atoms with van der Waals surface area (Å²) in [5.41, 5.74) is 3.20. The molecule has 2 nitrogen and oxygen atoms in total. The maximum absolute atomic E-state index is 13.2. The highest BCUT2D eigenvalue weighted by Crippen LogP contribution is 2.22. The minimum atomic E-state index is -0.332. The Morgan fingerprint density at radius 2 is 2.05 bits per heavy atom. The maximum atomic E-state index is 13.2. The predicted octanol–water partition coefficient (Wildman–Crippen LogP) is 4.38. The molecule has 0 spiro atoms. The van der Waals surface area contributed by atoms with Crippen LogP contribution in [0.1, 0.15) is 16.7 Å². The molecule has 19 heavy (non-hydrogen) atoms. The van der Waals surface area contributed by atoms with Gasteiger partial charge in [-0.2, -0.15) is 5.26 Å². The third kappa shape index (κ3) is 3.33. The Morgan fingerprint density at radius 1 is 1.26 bits per heavy atom. The van der Waals surface area contributed by atoms with Gasteiger partial charge in [-0.25, -0.2) is 4.39 Å². The molecule has 0 aliphatic rings. The van der Waals surface area contributed by atoms with E-state index in [-0.39, 0.29) is 5.82 Å². The largest absolute Gasteiger partial charge is 0.381 e. The third-order valence-corrected chi connectivity index (χ3v) is 3.35. The summed E-state index contributed by atoms with van der Waals surface area (Å²) in [5.74, 6) is -0.332. The van der Waals surface area contributed by atoms with Gasteiger partial charge >= 0.3 is 0 Å². The van der Waals surface area contributed by atoms with Gasteiger partial charge in [-0.3, -0.25) is 0 Å². The van der Waals surface area contributed by atoms with Crippen LogP contribution in [0.15, 0.2) is 40.9 Å². The lowest BCUT2D eigenvalue weighted by Crippen LogP contribution is -2.03. The van der Waals surface area contributed by atoms with Crippen molar-refractivity contribution in [1.82, 2.24) is 0 Å². The van der Waals surface area contributed by atoms with Gasteiger partial charge in [-0.1, -0.05) is 22.0 Å². The number of halogens is 2. The molecule has 0 atom stereocenters. The van der Waals surface area contributed by atoms with E-state index < -0.39 is 0 Å². The topological polar surface area (TPSA) is 35.8 Å². The molecule has 0 fully saturated rings. The molecule has 0 saturated carbocycles. The van der Waals surface area contributed by atoms with Crippen LogP contribution in [0.3, 0.4) is 0 Å². The van der Waals surface area contributed by atoms with Crippen molar-refractivity contribution in [2.24, 2.45) is 0 Å². The number of benzene rings is 2. The van der Waals surface area contributed by atoms with Gasteiger partial charge in [0.25, 0.3) is 0 Å². The molecule has 0 saturated heterocycles. The van der Waals surface area contributed by atoms with Crippen molar-refractivity contribution in [1.29, 1.82) is 5.26 Å². The van der Waals surface area contributed by atoms with Crippen molar-refractivity contribution in [3.05, 3.63) is 63.4 Å². The van der Waals surface area contributed by atoms with Gasteiger partial charge in [0, 0.05) is 16.7 Å². The van der Waals surface area contributed by atoms with Crippen molar-refractivity contribution >= 4 is 21.6 Å². The summed E-state index contributed by atoms with van der Waals surface area (Å²) in [6, 6.07) is 12.2. The molecule has 0 heterocycles. The lowest BCUT2D eigenvalue weighted by molar-refractivity contribution is 0.625. The number of rotatable bonds is 3. The normalized spacial score (nSPS) is 10.0. The van der Waals surface area contributed by atoms with Crippen molar-refractivity contribution < 1.29 is 4.39 Å². The average Bonchev–Trinajstić information content (AvgIpc) is 2.40. The van der Waals surface area contributed by atoms with Crippen LogP contribution in [0.5, 0.6) is 0 Å². The molecule has 4 heteroatoms. The Balaban J connectivity index is 2.21. The smallest absolute Gasteiger partial charge is 0.123 e. The van der Waals surface area contributed by atoms with Crippen LogP contribution in [0.2, 0.25) is 0 Å². The molecule has 0 aromatic heterocycles. The molecular weight excluding hydrogens is 307 g/mol. The summed E-state index contributed by atoms with van der Waals surface area (Å²) in [4.78, 5) is 0. The van der Waals surface area contributed by atoms with Gasteiger partial charge in [-0.15, -0.1) is 0 Å². The minimum absolute atomic E-state index is 0.332. The third-order valence-electron chi connectivity index (χ3n) is 2.86. The van der Waals surface area contributed by atoms with Crippen LogP contribution in [0.25, 0.3) is 0 Å². The van der Waals surface area contributed by atoms with Crippen LogP contribution in [0.4, 0.5) is 10.1 Å². The first-order valence-electron chi connectivity index (χ1n) is 5.78. The SMILES string of the molecule is Cc1ccc(Br)cc1NCc1cc(F)ccc1C#N. The number of nitrogens with one attached hydrogen (secondary N) is 1. The molecule has 2 aromatic carbocycles. The highest BCUT2D eigenvalue weighted by molar-refractivity contribution is 9.10. The van der Waals surface area contributed by atoms with Crippen molar-refractivity contribution in [3.8, 4) is 6.07 Å². The number of aryl methyl sites for hydroxylation is 1. The number of nitrogens with zero attached hydrogens (tertiary/aromatic N) is 1. The van der Waals surface area contributed by atoms with Crippen molar-refractivity contribution in [2.45, 2.75) is 13.5 Å². The van der Waals surface area contributed by atoms with Gasteiger partial charge in [0.2, 0.25) is 0 Å². The zero-order chi connectivity index (χ0) is 13.8. The van der Waals surface area contributed by atoms with Gasteiger partial charge in [-0.05, 0) is 48.4 Å². The van der Waals surface area contributed by atoms with Crippen molar-refractivity contribution in [2.75, 3.05) is 5.32 Å². The van der Waals surface area contributed by atoms with Gasteiger partial charge in [0.1, 0.15) is 5.82 Å². The summed E-state index contributed by atoms with van der Waals surface area (Å²) in [5, 5.41) is 12.2. The zero-order valence-corrected chi connectivity index (χ0v) is 12.0. The second kappa shape index (κ2) is 5.85. The highest BCUT2D eigenvalue weighted by Gasteiger charge is 2.05. The molecular formula is C15H12BrFN2. The van der Waals surface area contributed by atoms with Crippen LogP contribution in [-0.4, -0.2) is 0 Å². The highest BCUT2D eigenvalue weighted by atomic mass is 79.9. The Labute approximate surface area is 120 Å². The number of nitriles is 1. The number of hydrogen-bond acceptors (Lipinski definition) is 2. The Hall–Kier alpha value is -1.86. The quantitative estimate of drug-likeness (QED) is 0.911. The Kier molecular flexibility index (Phi) is 4.18. The number of anilines is 1. The van der Waals surface area contributed by atoms with E-state index in [9.17, 15) is 4.39 Å². The molecule has 0 aliphatic heterocycles. The summed E-state index contributed by atoms with van der Waals surface area (Å²) in [6.07, 6.45) is 0. The van der Waals surface area contributed by atoms with Crippen molar-refractivity contribution in [3.63, 3.8) is 0 Å². The van der Waals surface area contributed by atoms with E-state index in [0.717, 1.165) is 15.7 Å². The maximum Gasteiger partial charge on any atom is 0.123 e. The van der Waals surface area contributed by atoms with Crippen LogP contribution < -0.4 is 5.32 Å². The fraction of sp³-hybridized carbons (Fsp3) is 0.133. The lowest BCUT2D eigenvalue weighted by atomic mass is 10.1. The Bertz CT molecular complexity index is 647. The molecule has 0 radical (unpaired) electrons. The van der Waals surface area contributed by atoms with E-state index in [0.29, 0.717) is 17.7 Å². The summed E-state index contributed by atoms with van der Waals surface area (Å²) >= 11 is 3.41. The van der Waals surface area contributed by atoms with E-state index >= 15 is 0 Å². The second-order valence-electron chi connectivity index (χ2n) is 4.23. The van der Waals surface area contributed by atoms with Gasteiger partial charge < -0.3 is 5.32 Å². The van der Waals surface area contributed by atoms with Crippen LogP contribution >= 0.6 is 15.9 Å². The minimum Gasteiger partial charge on any atom is -0.381 e. The van der Waals surface area contributed by atoms with E-state index in [1.54, 1.807) is 0 Å². The molecule has 0 unspecified atom stereocenters. The van der Waals surface area contributed by atoms with Gasteiger partial charge in [0.15, 0.2) is 0 Å². The lowest BCUT2D eigenvalue weighted by Gasteiger charge is -2.11. The predicted molar refractivity (Wildman–Crippen MR) is 77.3 cm³/mol. The summed E-state index contributed by atoms with van der Waals surface area (Å²) in [7, 11) is 0. The van der Waals surface area contributed by atoms with E-state index in [1.165, 1.54) is 18.2 Å². The first kappa shape index (κ1) is 13.6. The van der Waals surface area contributed by atoms with E-state index in [1.807, 2.05) is 25.1 Å². The monoisotopic (exact) mass is 318 g/mol. The molecule has 1 N–H and O–H groups in total. The fourth-order valence-electron chi connectivity index (χ4n) is 1.79. The molecule has 0 amide bonds. The second-order valence-corrected chi connectivity index (χ2v) is 5.14. The summed E-state index contributed by atoms with van der Waals surface area (Å²) < 4.78 is 14.2. The van der Waals surface area contributed by atoms with E-state index in [2.05, 4.69) is 27.3 Å². The first-order valence-corrected chi connectivity index (χ1v) is 6.58. The molecule has 2 rings (SSSR count). The van der Waals surface area contributed by atoms with E-state index in [4.69, 9.17) is 5.26 Å². The molecule has 0 bridgehead atoms. The molecule has 96 valence electrons. The van der Waals surface area contributed by atoms with Crippen LogP contribution in [-0.2, 0) is 6.54 Å².